The first-order valence-electron chi connectivity index (χ1n) is 11.8. The number of hydrogen-bond acceptors (Lipinski definition) is 8. The van der Waals surface area contributed by atoms with Gasteiger partial charge >= 0.3 is 0 Å². The van der Waals surface area contributed by atoms with Gasteiger partial charge in [0.1, 0.15) is 5.82 Å². The van der Waals surface area contributed by atoms with Crippen LogP contribution in [0.25, 0.3) is 0 Å². The maximum atomic E-state index is 12.3. The second-order valence-electron chi connectivity index (χ2n) is 8.67. The van der Waals surface area contributed by atoms with E-state index in [1.165, 1.54) is 6.08 Å². The van der Waals surface area contributed by atoms with Crippen LogP contribution in [0.2, 0.25) is 0 Å². The summed E-state index contributed by atoms with van der Waals surface area (Å²) < 4.78 is 1.70. The molecule has 4 N–H and O–H groups in total. The zero-order chi connectivity index (χ0) is 26.0. The standard InChI is InChI=1S/C27H31N9O/c1-35(2)14-8-13-25(37)31-22-11-7-12-23(15-22)32-26-20(16-28-21-9-5-4-6-10-21)17-29-27(34-26)33-24-18-30-36(3)19-24/h4-13,15,17-19,28H,14,16H2,1-3H3,(H,31,37)(H2,29,32,33,34)/b13-8+. The third-order valence-electron chi connectivity index (χ3n) is 5.21. The zero-order valence-electron chi connectivity index (χ0n) is 21.1. The fourth-order valence-electron chi connectivity index (χ4n) is 3.44. The van der Waals surface area contributed by atoms with Crippen molar-refractivity contribution in [3.63, 3.8) is 0 Å². The molecule has 190 valence electrons. The molecule has 4 rings (SSSR count). The Morgan fingerprint density at radius 2 is 1.76 bits per heavy atom. The Morgan fingerprint density at radius 3 is 2.51 bits per heavy atom. The molecule has 0 saturated carbocycles. The number of carbonyl (C=O) groups is 1. The van der Waals surface area contributed by atoms with E-state index in [1.54, 1.807) is 17.1 Å². The maximum absolute atomic E-state index is 12.3. The molecule has 0 atom stereocenters. The predicted molar refractivity (Wildman–Crippen MR) is 148 cm³/mol. The van der Waals surface area contributed by atoms with Gasteiger partial charge in [-0.1, -0.05) is 30.3 Å². The molecular formula is C27H31N9O. The van der Waals surface area contributed by atoms with Gasteiger partial charge < -0.3 is 26.2 Å². The zero-order valence-corrected chi connectivity index (χ0v) is 21.1. The lowest BCUT2D eigenvalue weighted by molar-refractivity contribution is -0.111. The minimum atomic E-state index is -0.184. The number of amides is 1. The number of aromatic nitrogens is 4. The molecule has 10 heteroatoms. The first kappa shape index (κ1) is 25.4. The molecule has 2 aromatic heterocycles. The topological polar surface area (TPSA) is 112 Å². The normalized spacial score (nSPS) is 11.0. The van der Waals surface area contributed by atoms with E-state index in [1.807, 2.05) is 92.9 Å². The fourth-order valence-corrected chi connectivity index (χ4v) is 3.44. The summed E-state index contributed by atoms with van der Waals surface area (Å²) in [5.41, 5.74) is 4.12. The van der Waals surface area contributed by atoms with Gasteiger partial charge in [0.05, 0.1) is 11.9 Å². The molecule has 0 fully saturated rings. The van der Waals surface area contributed by atoms with E-state index in [0.29, 0.717) is 30.5 Å². The molecule has 2 aromatic carbocycles. The average Bonchev–Trinajstić information content (AvgIpc) is 3.28. The van der Waals surface area contributed by atoms with Crippen LogP contribution in [0.15, 0.2) is 85.3 Å². The summed E-state index contributed by atoms with van der Waals surface area (Å²) >= 11 is 0. The van der Waals surface area contributed by atoms with Crippen LogP contribution < -0.4 is 21.3 Å². The second kappa shape index (κ2) is 12.3. The molecule has 37 heavy (non-hydrogen) atoms. The monoisotopic (exact) mass is 497 g/mol. The number of anilines is 6. The van der Waals surface area contributed by atoms with Crippen molar-refractivity contribution in [3.05, 3.63) is 90.9 Å². The van der Waals surface area contributed by atoms with E-state index < -0.39 is 0 Å². The van der Waals surface area contributed by atoms with Gasteiger partial charge in [0.25, 0.3) is 0 Å². The molecule has 1 amide bonds. The van der Waals surface area contributed by atoms with E-state index in [9.17, 15) is 4.79 Å². The number of rotatable bonds is 11. The number of aryl methyl sites for hydroxylation is 1. The minimum Gasteiger partial charge on any atom is -0.381 e. The lowest BCUT2D eigenvalue weighted by atomic mass is 10.2. The van der Waals surface area contributed by atoms with Gasteiger partial charge in [-0.25, -0.2) is 4.98 Å². The predicted octanol–water partition coefficient (Wildman–Crippen LogP) is 4.37. The molecular weight excluding hydrogens is 466 g/mol. The Kier molecular flexibility index (Phi) is 8.45. The second-order valence-corrected chi connectivity index (χ2v) is 8.67. The van der Waals surface area contributed by atoms with Gasteiger partial charge in [0.2, 0.25) is 11.9 Å². The van der Waals surface area contributed by atoms with Crippen molar-refractivity contribution in [3.8, 4) is 0 Å². The van der Waals surface area contributed by atoms with Crippen LogP contribution in [0.3, 0.4) is 0 Å². The summed E-state index contributed by atoms with van der Waals surface area (Å²) in [7, 11) is 5.75. The molecule has 0 spiro atoms. The van der Waals surface area contributed by atoms with Crippen molar-refractivity contribution in [1.82, 2.24) is 24.6 Å². The highest BCUT2D eigenvalue weighted by atomic mass is 16.1. The van der Waals surface area contributed by atoms with Crippen molar-refractivity contribution >= 4 is 40.4 Å². The van der Waals surface area contributed by atoms with Crippen molar-refractivity contribution in [2.24, 2.45) is 7.05 Å². The Labute approximate surface area is 216 Å². The number of carbonyl (C=O) groups excluding carboxylic acids is 1. The summed E-state index contributed by atoms with van der Waals surface area (Å²) in [4.78, 5) is 23.5. The molecule has 0 bridgehead atoms. The van der Waals surface area contributed by atoms with Crippen LogP contribution in [-0.2, 0) is 18.4 Å². The lowest BCUT2D eigenvalue weighted by Crippen LogP contribution is -2.13. The summed E-state index contributed by atoms with van der Waals surface area (Å²) in [5.74, 6) is 0.894. The number of benzene rings is 2. The molecule has 0 aliphatic heterocycles. The molecule has 10 nitrogen and oxygen atoms in total. The van der Waals surface area contributed by atoms with Crippen LogP contribution in [0.5, 0.6) is 0 Å². The lowest BCUT2D eigenvalue weighted by Gasteiger charge is -2.14. The number of likely N-dealkylation sites (N-methyl/N-ethyl adjacent to an activating group) is 1. The van der Waals surface area contributed by atoms with Crippen LogP contribution in [0, 0.1) is 0 Å². The average molecular weight is 498 g/mol. The van der Waals surface area contributed by atoms with Crippen molar-refractivity contribution in [2.75, 3.05) is 41.9 Å². The Hall–Kier alpha value is -4.70. The molecule has 0 radical (unpaired) electrons. The van der Waals surface area contributed by atoms with Gasteiger partial charge in [0, 0.05) is 61.2 Å². The molecule has 0 aliphatic rings. The summed E-state index contributed by atoms with van der Waals surface area (Å²) in [6.07, 6.45) is 8.70. The molecule has 0 unspecified atom stereocenters. The first-order chi connectivity index (χ1) is 17.9. The molecule has 0 saturated heterocycles. The van der Waals surface area contributed by atoms with Crippen LogP contribution in [0.4, 0.5) is 34.5 Å². The third-order valence-corrected chi connectivity index (χ3v) is 5.21. The molecule has 2 heterocycles. The number of nitrogens with zero attached hydrogens (tertiary/aromatic N) is 5. The molecule has 4 aromatic rings. The quantitative estimate of drug-likeness (QED) is 0.226. The SMILES string of the molecule is CN(C)C/C=C/C(=O)Nc1cccc(Nc2nc(Nc3cnn(C)c3)ncc2CNc2ccccc2)c1. The van der Waals surface area contributed by atoms with Crippen molar-refractivity contribution < 1.29 is 4.79 Å². The van der Waals surface area contributed by atoms with E-state index in [-0.39, 0.29) is 5.91 Å². The third kappa shape index (κ3) is 7.91. The van der Waals surface area contributed by atoms with E-state index in [0.717, 1.165) is 22.6 Å². The maximum Gasteiger partial charge on any atom is 0.248 e. The van der Waals surface area contributed by atoms with E-state index in [2.05, 4.69) is 31.3 Å². The van der Waals surface area contributed by atoms with Crippen LogP contribution in [0.1, 0.15) is 5.56 Å². The van der Waals surface area contributed by atoms with Crippen LogP contribution >= 0.6 is 0 Å². The Morgan fingerprint density at radius 1 is 0.973 bits per heavy atom. The van der Waals surface area contributed by atoms with Crippen molar-refractivity contribution in [2.45, 2.75) is 6.54 Å². The van der Waals surface area contributed by atoms with Gasteiger partial charge in [-0.15, -0.1) is 0 Å². The van der Waals surface area contributed by atoms with Crippen LogP contribution in [-0.4, -0.2) is 51.2 Å². The minimum absolute atomic E-state index is 0.184. The number of nitrogens with one attached hydrogen (secondary N) is 4. The Bertz CT molecular complexity index is 1350. The Balaban J connectivity index is 1.52. The van der Waals surface area contributed by atoms with Crippen molar-refractivity contribution in [1.29, 1.82) is 0 Å². The highest BCUT2D eigenvalue weighted by Gasteiger charge is 2.10. The smallest absolute Gasteiger partial charge is 0.248 e. The highest BCUT2D eigenvalue weighted by molar-refractivity contribution is 5.99. The van der Waals surface area contributed by atoms with Gasteiger partial charge in [-0.3, -0.25) is 9.48 Å². The first-order valence-corrected chi connectivity index (χ1v) is 11.8. The van der Waals surface area contributed by atoms with Gasteiger partial charge in [-0.2, -0.15) is 10.1 Å². The largest absolute Gasteiger partial charge is 0.381 e. The van der Waals surface area contributed by atoms with E-state index in [4.69, 9.17) is 4.98 Å². The van der Waals surface area contributed by atoms with Gasteiger partial charge in [0.15, 0.2) is 0 Å². The summed E-state index contributed by atoms with van der Waals surface area (Å²) in [6, 6.07) is 17.4. The highest BCUT2D eigenvalue weighted by Crippen LogP contribution is 2.24. The number of para-hydroxylation sites is 1. The van der Waals surface area contributed by atoms with E-state index >= 15 is 0 Å². The summed E-state index contributed by atoms with van der Waals surface area (Å²) in [5, 5.41) is 17.0. The summed E-state index contributed by atoms with van der Waals surface area (Å²) in [6.45, 7) is 1.21. The fraction of sp³-hybridized carbons (Fsp3) is 0.185. The number of hydrogen-bond donors (Lipinski definition) is 4. The molecule has 0 aliphatic carbocycles. The van der Waals surface area contributed by atoms with Gasteiger partial charge in [-0.05, 0) is 44.4 Å².